The topological polar surface area (TPSA) is 66.5 Å². The number of hydrogen-bond donors (Lipinski definition) is 1. The van der Waals surface area contributed by atoms with Crippen molar-refractivity contribution in [1.29, 1.82) is 0 Å². The summed E-state index contributed by atoms with van der Waals surface area (Å²) in [5.74, 6) is -0.101. The molecule has 172 valence electrons. The summed E-state index contributed by atoms with van der Waals surface area (Å²) in [6.07, 6.45) is 4.98. The van der Waals surface area contributed by atoms with Crippen molar-refractivity contribution in [3.8, 4) is 0 Å². The standard InChI is InChI=1S/C25H26N2O3S3/c1-31-23-15-14-20(18-21(23)25(28)27-16-8-3-9-17-27)33(29,30)26-22-12-6-7-13-24(22)32-19-10-4-2-5-11-19/h2,4-7,10-15,18,26H,3,8-9,16-17H2,1H3. The van der Waals surface area contributed by atoms with E-state index >= 15 is 0 Å². The summed E-state index contributed by atoms with van der Waals surface area (Å²) in [6, 6.07) is 21.9. The first-order valence-electron chi connectivity index (χ1n) is 10.8. The number of carbonyl (C=O) groups excluding carboxylic acids is 1. The van der Waals surface area contributed by atoms with Crippen molar-refractivity contribution in [2.75, 3.05) is 24.1 Å². The van der Waals surface area contributed by atoms with Crippen molar-refractivity contribution in [3.63, 3.8) is 0 Å². The smallest absolute Gasteiger partial charge is 0.261 e. The largest absolute Gasteiger partial charge is 0.339 e. The van der Waals surface area contributed by atoms with E-state index in [1.807, 2.05) is 53.6 Å². The third-order valence-electron chi connectivity index (χ3n) is 5.46. The van der Waals surface area contributed by atoms with Crippen molar-refractivity contribution in [2.45, 2.75) is 38.8 Å². The maximum atomic E-state index is 13.3. The molecule has 1 aliphatic rings. The maximum Gasteiger partial charge on any atom is 0.261 e. The predicted molar refractivity (Wildman–Crippen MR) is 136 cm³/mol. The van der Waals surface area contributed by atoms with Crippen LogP contribution >= 0.6 is 23.5 Å². The van der Waals surface area contributed by atoms with E-state index < -0.39 is 10.0 Å². The van der Waals surface area contributed by atoms with Crippen LogP contribution in [-0.2, 0) is 10.0 Å². The minimum atomic E-state index is -3.88. The minimum Gasteiger partial charge on any atom is -0.339 e. The van der Waals surface area contributed by atoms with Gasteiger partial charge in [0.05, 0.1) is 16.1 Å². The molecule has 1 saturated heterocycles. The monoisotopic (exact) mass is 498 g/mol. The first-order chi connectivity index (χ1) is 16.0. The highest BCUT2D eigenvalue weighted by Gasteiger charge is 2.24. The van der Waals surface area contributed by atoms with Crippen molar-refractivity contribution < 1.29 is 13.2 Å². The van der Waals surface area contributed by atoms with Crippen LogP contribution in [0.1, 0.15) is 29.6 Å². The van der Waals surface area contributed by atoms with Gasteiger partial charge in [-0.1, -0.05) is 42.1 Å². The molecule has 1 amide bonds. The molecule has 5 nitrogen and oxygen atoms in total. The second kappa shape index (κ2) is 10.7. The Hall–Kier alpha value is -2.42. The van der Waals surface area contributed by atoms with Gasteiger partial charge >= 0.3 is 0 Å². The number of amides is 1. The van der Waals surface area contributed by atoms with E-state index in [-0.39, 0.29) is 10.8 Å². The Morgan fingerprint density at radius 3 is 2.30 bits per heavy atom. The quantitative estimate of drug-likeness (QED) is 0.406. The van der Waals surface area contributed by atoms with Gasteiger partial charge in [0.25, 0.3) is 15.9 Å². The van der Waals surface area contributed by atoms with Crippen LogP contribution in [0.15, 0.2) is 92.4 Å². The highest BCUT2D eigenvalue weighted by Crippen LogP contribution is 2.35. The Morgan fingerprint density at radius 2 is 1.58 bits per heavy atom. The molecule has 3 aromatic carbocycles. The Balaban J connectivity index is 1.62. The Bertz CT molecular complexity index is 1220. The number of para-hydroxylation sites is 1. The number of carbonyl (C=O) groups is 1. The molecule has 3 aromatic rings. The van der Waals surface area contributed by atoms with Crippen LogP contribution in [0.2, 0.25) is 0 Å². The molecule has 1 fully saturated rings. The fourth-order valence-electron chi connectivity index (χ4n) is 3.75. The van der Waals surface area contributed by atoms with Crippen molar-refractivity contribution in [1.82, 2.24) is 4.90 Å². The summed E-state index contributed by atoms with van der Waals surface area (Å²) < 4.78 is 29.3. The molecule has 8 heteroatoms. The molecule has 1 heterocycles. The molecular formula is C25H26N2O3S3. The number of nitrogens with one attached hydrogen (secondary N) is 1. The lowest BCUT2D eigenvalue weighted by Gasteiger charge is -2.27. The fraction of sp³-hybridized carbons (Fsp3) is 0.240. The molecule has 0 atom stereocenters. The molecule has 0 saturated carbocycles. The number of anilines is 1. The third-order valence-corrected chi connectivity index (χ3v) is 8.70. The van der Waals surface area contributed by atoms with Gasteiger partial charge < -0.3 is 4.90 Å². The molecule has 0 aromatic heterocycles. The molecule has 33 heavy (non-hydrogen) atoms. The first-order valence-corrected chi connectivity index (χ1v) is 14.3. The van der Waals surface area contributed by atoms with Crippen LogP contribution in [0.4, 0.5) is 5.69 Å². The van der Waals surface area contributed by atoms with Crippen LogP contribution in [0, 0.1) is 0 Å². The van der Waals surface area contributed by atoms with Crippen molar-refractivity contribution >= 4 is 45.1 Å². The van der Waals surface area contributed by atoms with E-state index in [9.17, 15) is 13.2 Å². The van der Waals surface area contributed by atoms with Gasteiger partial charge in [-0.15, -0.1) is 11.8 Å². The van der Waals surface area contributed by atoms with E-state index in [0.717, 1.165) is 33.9 Å². The van der Waals surface area contributed by atoms with Gasteiger partial charge in [-0.25, -0.2) is 8.42 Å². The molecule has 4 rings (SSSR count). The van der Waals surface area contributed by atoms with Crippen molar-refractivity contribution in [3.05, 3.63) is 78.4 Å². The van der Waals surface area contributed by atoms with E-state index in [1.165, 1.54) is 29.6 Å². The molecule has 0 radical (unpaired) electrons. The second-order valence-electron chi connectivity index (χ2n) is 7.73. The van der Waals surface area contributed by atoms with Gasteiger partial charge in [0.1, 0.15) is 0 Å². The highest BCUT2D eigenvalue weighted by atomic mass is 32.2. The van der Waals surface area contributed by atoms with Crippen LogP contribution < -0.4 is 4.72 Å². The lowest BCUT2D eigenvalue weighted by atomic mass is 10.1. The second-order valence-corrected chi connectivity index (χ2v) is 11.4. The van der Waals surface area contributed by atoms with Crippen LogP contribution in [0.25, 0.3) is 0 Å². The van der Waals surface area contributed by atoms with Gasteiger partial charge in [-0.2, -0.15) is 0 Å². The van der Waals surface area contributed by atoms with Gasteiger partial charge in [-0.3, -0.25) is 9.52 Å². The summed E-state index contributed by atoms with van der Waals surface area (Å²) in [5.41, 5.74) is 0.948. The lowest BCUT2D eigenvalue weighted by Crippen LogP contribution is -2.36. The summed E-state index contributed by atoms with van der Waals surface area (Å²) in [4.78, 5) is 17.7. The number of thioether (sulfide) groups is 1. The number of sulfonamides is 1. The Morgan fingerprint density at radius 1 is 0.879 bits per heavy atom. The van der Waals surface area contributed by atoms with E-state index in [4.69, 9.17) is 0 Å². The van der Waals surface area contributed by atoms with E-state index in [1.54, 1.807) is 24.3 Å². The number of hydrogen-bond acceptors (Lipinski definition) is 5. The highest BCUT2D eigenvalue weighted by molar-refractivity contribution is 7.99. The molecule has 1 N–H and O–H groups in total. The Kier molecular flexibility index (Phi) is 7.67. The van der Waals surface area contributed by atoms with Crippen LogP contribution in [0.3, 0.4) is 0 Å². The maximum absolute atomic E-state index is 13.3. The molecule has 1 aliphatic heterocycles. The number of benzene rings is 3. The van der Waals surface area contributed by atoms with E-state index in [2.05, 4.69) is 4.72 Å². The van der Waals surface area contributed by atoms with Crippen LogP contribution in [0.5, 0.6) is 0 Å². The first kappa shape index (κ1) is 23.7. The SMILES string of the molecule is CSc1ccc(S(=O)(=O)Nc2ccccc2Sc2ccccc2)cc1C(=O)N1CCCCC1. The normalized spacial score (nSPS) is 14.2. The zero-order valence-corrected chi connectivity index (χ0v) is 20.8. The van der Waals surface area contributed by atoms with Crippen molar-refractivity contribution in [2.24, 2.45) is 0 Å². The van der Waals surface area contributed by atoms with Gasteiger partial charge in [0, 0.05) is 27.8 Å². The summed E-state index contributed by atoms with van der Waals surface area (Å²) >= 11 is 2.94. The zero-order chi connectivity index (χ0) is 23.3. The number of rotatable bonds is 7. The summed E-state index contributed by atoms with van der Waals surface area (Å²) in [7, 11) is -3.88. The molecule has 0 aliphatic carbocycles. The molecular weight excluding hydrogens is 472 g/mol. The lowest BCUT2D eigenvalue weighted by molar-refractivity contribution is 0.0720. The number of nitrogens with zero attached hydrogens (tertiary/aromatic N) is 1. The molecule has 0 unspecified atom stereocenters. The third kappa shape index (κ3) is 5.75. The summed E-state index contributed by atoms with van der Waals surface area (Å²) in [6.45, 7) is 1.43. The van der Waals surface area contributed by atoms with E-state index in [0.29, 0.717) is 24.3 Å². The van der Waals surface area contributed by atoms with Crippen LogP contribution in [-0.4, -0.2) is 38.6 Å². The van der Waals surface area contributed by atoms with Gasteiger partial charge in [0.15, 0.2) is 0 Å². The number of piperidine rings is 1. The summed E-state index contributed by atoms with van der Waals surface area (Å²) in [5, 5.41) is 0. The molecule has 0 spiro atoms. The predicted octanol–water partition coefficient (Wildman–Crippen LogP) is 5.99. The van der Waals surface area contributed by atoms with Gasteiger partial charge in [0.2, 0.25) is 0 Å². The molecule has 0 bridgehead atoms. The zero-order valence-electron chi connectivity index (χ0n) is 18.4. The fourth-order valence-corrected chi connectivity index (χ4v) is 6.41. The Labute approximate surface area is 204 Å². The van der Waals surface area contributed by atoms with Gasteiger partial charge in [-0.05, 0) is 68.0 Å². The average Bonchev–Trinajstić information content (AvgIpc) is 2.85. The average molecular weight is 499 g/mol. The number of likely N-dealkylation sites (tertiary alicyclic amines) is 1. The minimum absolute atomic E-state index is 0.0835.